The maximum Gasteiger partial charge on any atom is 0.419 e. The molecular formula is C24H36N4O5. The summed E-state index contributed by atoms with van der Waals surface area (Å²) in [6.45, 7) is 11.9. The minimum atomic E-state index is -0.567. The Hall–Kier alpha value is -2.68. The van der Waals surface area contributed by atoms with Crippen LogP contribution in [0.3, 0.4) is 0 Å². The van der Waals surface area contributed by atoms with Crippen molar-refractivity contribution in [2.24, 2.45) is 0 Å². The Labute approximate surface area is 194 Å². The number of oxazole rings is 1. The number of carbonyl (C=O) groups is 1. The zero-order valence-corrected chi connectivity index (χ0v) is 20.3. The molecule has 9 nitrogen and oxygen atoms in total. The quantitative estimate of drug-likeness (QED) is 0.443. The highest BCUT2D eigenvalue weighted by Gasteiger charge is 2.40. The number of carbonyl (C=O) groups excluding carboxylic acids is 1. The van der Waals surface area contributed by atoms with Crippen LogP contribution in [0.4, 0.5) is 5.69 Å². The number of benzene rings is 1. The minimum absolute atomic E-state index is 0.0528. The smallest absolute Gasteiger partial charge is 0.407 e. The van der Waals surface area contributed by atoms with E-state index in [0.717, 1.165) is 32.2 Å². The summed E-state index contributed by atoms with van der Waals surface area (Å²) < 4.78 is 6.63. The van der Waals surface area contributed by atoms with Crippen LogP contribution in [0.5, 0.6) is 0 Å². The molecule has 1 aromatic heterocycles. The molecule has 1 aromatic carbocycles. The molecule has 0 saturated carbocycles. The van der Waals surface area contributed by atoms with Crippen molar-refractivity contribution in [2.45, 2.75) is 96.8 Å². The van der Waals surface area contributed by atoms with Crippen LogP contribution in [0.2, 0.25) is 0 Å². The van der Waals surface area contributed by atoms with Crippen molar-refractivity contribution in [3.8, 4) is 0 Å². The van der Waals surface area contributed by atoms with Crippen molar-refractivity contribution >= 4 is 22.7 Å². The summed E-state index contributed by atoms with van der Waals surface area (Å²) in [6, 6.07) is 4.30. The van der Waals surface area contributed by atoms with E-state index in [0.29, 0.717) is 24.9 Å². The lowest BCUT2D eigenvalue weighted by Gasteiger charge is -2.49. The van der Waals surface area contributed by atoms with Gasteiger partial charge < -0.3 is 14.6 Å². The van der Waals surface area contributed by atoms with Gasteiger partial charge in [-0.2, -0.15) is 0 Å². The molecule has 9 heteroatoms. The molecule has 2 aromatic rings. The second-order valence-electron chi connectivity index (χ2n) is 10.4. The molecular weight excluding hydrogens is 424 g/mol. The summed E-state index contributed by atoms with van der Waals surface area (Å²) in [4.78, 5) is 38.1. The predicted octanol–water partition coefficient (Wildman–Crippen LogP) is 4.22. The average molecular weight is 461 g/mol. The maximum atomic E-state index is 13.3. The maximum absolute atomic E-state index is 13.3. The molecule has 3 rings (SSSR count). The number of non-ortho nitro benzene ring substituents is 1. The van der Waals surface area contributed by atoms with Gasteiger partial charge in [0, 0.05) is 42.7 Å². The molecule has 0 aliphatic carbocycles. The Morgan fingerprint density at radius 2 is 1.91 bits per heavy atom. The van der Waals surface area contributed by atoms with Crippen molar-refractivity contribution < 1.29 is 14.1 Å². The number of fused-ring (bicyclic) bond motifs is 1. The number of piperidine rings is 1. The summed E-state index contributed by atoms with van der Waals surface area (Å²) in [7, 11) is 0. The molecule has 182 valence electrons. The van der Waals surface area contributed by atoms with Crippen LogP contribution in [-0.4, -0.2) is 44.0 Å². The summed E-state index contributed by atoms with van der Waals surface area (Å²) >= 11 is 0. The normalized spacial score (nSPS) is 17.8. The molecule has 1 aliphatic heterocycles. The van der Waals surface area contributed by atoms with Gasteiger partial charge in [0.15, 0.2) is 5.58 Å². The highest BCUT2D eigenvalue weighted by molar-refractivity contribution is 5.77. The monoisotopic (exact) mass is 460 g/mol. The molecule has 0 atom stereocenters. The van der Waals surface area contributed by atoms with E-state index in [2.05, 4.69) is 39.9 Å². The van der Waals surface area contributed by atoms with E-state index in [1.165, 1.54) is 22.8 Å². The van der Waals surface area contributed by atoms with Gasteiger partial charge in [-0.3, -0.25) is 19.5 Å². The molecule has 1 fully saturated rings. The van der Waals surface area contributed by atoms with Gasteiger partial charge in [-0.25, -0.2) is 4.79 Å². The number of rotatable bonds is 9. The van der Waals surface area contributed by atoms with Gasteiger partial charge in [-0.15, -0.1) is 0 Å². The first kappa shape index (κ1) is 25.0. The molecule has 1 N–H and O–H groups in total. The van der Waals surface area contributed by atoms with E-state index >= 15 is 0 Å². The summed E-state index contributed by atoms with van der Waals surface area (Å²) in [5.74, 6) is -0.457. The van der Waals surface area contributed by atoms with Crippen molar-refractivity contribution in [2.75, 3.05) is 6.54 Å². The van der Waals surface area contributed by atoms with E-state index in [1.54, 1.807) is 0 Å². The topological polar surface area (TPSA) is 111 Å². The largest absolute Gasteiger partial charge is 0.419 e. The van der Waals surface area contributed by atoms with Crippen LogP contribution in [0, 0.1) is 10.1 Å². The zero-order valence-electron chi connectivity index (χ0n) is 20.3. The van der Waals surface area contributed by atoms with E-state index in [9.17, 15) is 19.7 Å². The zero-order chi connectivity index (χ0) is 24.4. The molecule has 1 amide bonds. The number of aryl methyl sites for hydroxylation is 1. The van der Waals surface area contributed by atoms with Crippen LogP contribution in [0.1, 0.15) is 73.1 Å². The Balaban J connectivity index is 1.70. The van der Waals surface area contributed by atoms with Gasteiger partial charge in [0.2, 0.25) is 5.91 Å². The molecule has 0 unspecified atom stereocenters. The summed E-state index contributed by atoms with van der Waals surface area (Å²) in [5.41, 5.74) is 0.455. The van der Waals surface area contributed by atoms with Crippen LogP contribution >= 0.6 is 0 Å². The molecule has 1 aliphatic rings. The lowest BCUT2D eigenvalue weighted by Crippen LogP contribution is -2.62. The summed E-state index contributed by atoms with van der Waals surface area (Å²) in [6.07, 6.45) is 4.60. The lowest BCUT2D eigenvalue weighted by atomic mass is 9.79. The van der Waals surface area contributed by atoms with E-state index in [4.69, 9.17) is 4.42 Å². The minimum Gasteiger partial charge on any atom is -0.407 e. The molecule has 1 saturated heterocycles. The number of nitro groups is 1. The molecule has 0 spiro atoms. The fourth-order valence-corrected chi connectivity index (χ4v) is 5.24. The molecule has 33 heavy (non-hydrogen) atoms. The van der Waals surface area contributed by atoms with Gasteiger partial charge >= 0.3 is 5.76 Å². The molecule has 2 heterocycles. The van der Waals surface area contributed by atoms with Gasteiger partial charge in [0.05, 0.1) is 16.5 Å². The molecule has 0 bridgehead atoms. The number of unbranched alkanes of at least 4 members (excludes halogenated alkanes) is 1. The van der Waals surface area contributed by atoms with Gasteiger partial charge in [0.25, 0.3) is 5.69 Å². The number of hydrogen-bond donors (Lipinski definition) is 1. The first-order chi connectivity index (χ1) is 15.4. The third kappa shape index (κ3) is 6.01. The van der Waals surface area contributed by atoms with Gasteiger partial charge in [0.1, 0.15) is 0 Å². The third-order valence-electron chi connectivity index (χ3n) is 6.32. The predicted molar refractivity (Wildman–Crippen MR) is 127 cm³/mol. The van der Waals surface area contributed by atoms with Crippen molar-refractivity contribution in [3.05, 3.63) is 38.9 Å². The Morgan fingerprint density at radius 3 is 2.52 bits per heavy atom. The SMILES string of the molecule is CCCCN(C(=O)CCCn1c(=O)oc2cc([N+](=O)[O-])ccc21)C1CC(C)(C)NC(C)(C)C1. The highest BCUT2D eigenvalue weighted by atomic mass is 16.6. The first-order valence-electron chi connectivity index (χ1n) is 11.8. The van der Waals surface area contributed by atoms with Gasteiger partial charge in [-0.05, 0) is 59.4 Å². The Morgan fingerprint density at radius 1 is 1.24 bits per heavy atom. The second-order valence-corrected chi connectivity index (χ2v) is 10.4. The highest BCUT2D eigenvalue weighted by Crippen LogP contribution is 2.32. The third-order valence-corrected chi connectivity index (χ3v) is 6.32. The number of nitrogens with one attached hydrogen (secondary N) is 1. The van der Waals surface area contributed by atoms with Crippen LogP contribution in [0.15, 0.2) is 27.4 Å². The first-order valence-corrected chi connectivity index (χ1v) is 11.8. The van der Waals surface area contributed by atoms with E-state index < -0.39 is 10.7 Å². The second kappa shape index (κ2) is 9.67. The van der Waals surface area contributed by atoms with Gasteiger partial charge in [-0.1, -0.05) is 13.3 Å². The van der Waals surface area contributed by atoms with Crippen LogP contribution in [-0.2, 0) is 11.3 Å². The van der Waals surface area contributed by atoms with Crippen LogP contribution in [0.25, 0.3) is 11.1 Å². The standard InChI is InChI=1S/C24H36N4O5/c1-6-7-12-26(18-15-23(2,3)25-24(4,5)16-18)21(29)9-8-13-27-19-11-10-17(28(31)32)14-20(19)33-22(27)30/h10-11,14,18,25H,6-9,12-13,15-16H2,1-5H3. The number of aromatic nitrogens is 1. The fraction of sp³-hybridized carbons (Fsp3) is 0.667. The van der Waals surface area contributed by atoms with Crippen LogP contribution < -0.4 is 11.1 Å². The number of nitro benzene ring substituents is 1. The van der Waals surface area contributed by atoms with Crippen molar-refractivity contribution in [3.63, 3.8) is 0 Å². The van der Waals surface area contributed by atoms with E-state index in [-0.39, 0.29) is 34.3 Å². The Bertz CT molecular complexity index is 1050. The fourth-order valence-electron chi connectivity index (χ4n) is 5.24. The van der Waals surface area contributed by atoms with Crippen molar-refractivity contribution in [1.82, 2.24) is 14.8 Å². The lowest BCUT2D eigenvalue weighted by molar-refractivity contribution is -0.384. The molecule has 0 radical (unpaired) electrons. The van der Waals surface area contributed by atoms with E-state index in [1.807, 2.05) is 4.90 Å². The summed E-state index contributed by atoms with van der Waals surface area (Å²) in [5, 5.41) is 14.6. The van der Waals surface area contributed by atoms with Crippen molar-refractivity contribution in [1.29, 1.82) is 0 Å². The number of hydrogen-bond acceptors (Lipinski definition) is 6. The Kier molecular flexibility index (Phi) is 7.31. The number of nitrogens with zero attached hydrogens (tertiary/aromatic N) is 3. The average Bonchev–Trinajstić information content (AvgIpc) is 3.00. The number of amides is 1.